The molecule has 0 amide bonds. The summed E-state index contributed by atoms with van der Waals surface area (Å²) in [5, 5.41) is 18.1. The van der Waals surface area contributed by atoms with Gasteiger partial charge in [0.2, 0.25) is 10.0 Å². The zero-order chi connectivity index (χ0) is 13.4. The van der Waals surface area contributed by atoms with Crippen LogP contribution in [0.1, 0.15) is 18.4 Å². The van der Waals surface area contributed by atoms with Gasteiger partial charge in [0.25, 0.3) is 0 Å². The van der Waals surface area contributed by atoms with E-state index in [0.717, 1.165) is 24.4 Å². The van der Waals surface area contributed by atoms with Crippen LogP contribution < -0.4 is 10.5 Å². The molecule has 0 bridgehead atoms. The lowest BCUT2D eigenvalue weighted by molar-refractivity contribution is 0.156. The van der Waals surface area contributed by atoms with Crippen LogP contribution in [-0.2, 0) is 15.4 Å². The number of nitrogens with one attached hydrogen (secondary N) is 1. The molecule has 18 heavy (non-hydrogen) atoms. The Hall–Kier alpha value is -0.180. The highest BCUT2D eigenvalue weighted by Crippen LogP contribution is 2.42. The minimum atomic E-state index is -3.81. The summed E-state index contributed by atoms with van der Waals surface area (Å²) in [6.45, 7) is 1.36. The molecule has 1 fully saturated rings. The smallest absolute Gasteiger partial charge is 0.247 e. The van der Waals surface area contributed by atoms with E-state index >= 15 is 0 Å². The zero-order valence-corrected chi connectivity index (χ0v) is 12.0. The van der Waals surface area contributed by atoms with E-state index in [2.05, 4.69) is 5.32 Å². The van der Waals surface area contributed by atoms with Crippen molar-refractivity contribution in [3.05, 3.63) is 16.0 Å². The average molecular weight is 311 g/mol. The molecular formula is C10H15ClN2O3S2. The molecule has 1 saturated heterocycles. The highest BCUT2D eigenvalue weighted by molar-refractivity contribution is 7.91. The maximum Gasteiger partial charge on any atom is 0.247 e. The summed E-state index contributed by atoms with van der Waals surface area (Å²) in [6.07, 6.45) is 1.33. The molecule has 4 N–H and O–H groups in total. The van der Waals surface area contributed by atoms with Crippen molar-refractivity contribution in [3.63, 3.8) is 0 Å². The molecule has 102 valence electrons. The number of thiophene rings is 1. The fourth-order valence-corrected chi connectivity index (χ4v) is 4.88. The second-order valence-corrected chi connectivity index (χ2v) is 7.93. The highest BCUT2D eigenvalue weighted by atomic mass is 35.5. The highest BCUT2D eigenvalue weighted by Gasteiger charge is 2.38. The number of sulfonamides is 1. The SMILES string of the molecule is NS(=O)(=O)c1sc(Cl)cc1C1(CO)CCNCC1. The minimum Gasteiger partial charge on any atom is -0.395 e. The van der Waals surface area contributed by atoms with Crippen molar-refractivity contribution in [2.24, 2.45) is 5.14 Å². The normalized spacial score (nSPS) is 19.9. The van der Waals surface area contributed by atoms with Crippen LogP contribution in [0, 0.1) is 0 Å². The monoisotopic (exact) mass is 310 g/mol. The Bertz CT molecular complexity index is 535. The molecule has 1 aromatic heterocycles. The first kappa shape index (κ1) is 14.2. The van der Waals surface area contributed by atoms with Gasteiger partial charge in [0.1, 0.15) is 4.21 Å². The molecule has 1 aromatic rings. The lowest BCUT2D eigenvalue weighted by Gasteiger charge is -2.36. The van der Waals surface area contributed by atoms with Crippen molar-refractivity contribution in [3.8, 4) is 0 Å². The number of aliphatic hydroxyl groups excluding tert-OH is 1. The predicted molar refractivity (Wildman–Crippen MR) is 71.6 cm³/mol. The van der Waals surface area contributed by atoms with E-state index < -0.39 is 15.4 Å². The summed E-state index contributed by atoms with van der Waals surface area (Å²) in [5.74, 6) is 0. The minimum absolute atomic E-state index is 0.0726. The summed E-state index contributed by atoms with van der Waals surface area (Å²) < 4.78 is 23.6. The third-order valence-corrected chi connectivity index (χ3v) is 6.10. The van der Waals surface area contributed by atoms with Gasteiger partial charge < -0.3 is 10.4 Å². The Morgan fingerprint density at radius 1 is 1.50 bits per heavy atom. The molecule has 2 rings (SSSR count). The summed E-state index contributed by atoms with van der Waals surface area (Å²) in [7, 11) is -3.81. The molecule has 8 heteroatoms. The van der Waals surface area contributed by atoms with Crippen LogP contribution in [-0.4, -0.2) is 33.2 Å². The van der Waals surface area contributed by atoms with Gasteiger partial charge in [-0.25, -0.2) is 13.6 Å². The van der Waals surface area contributed by atoms with Gasteiger partial charge >= 0.3 is 0 Å². The van der Waals surface area contributed by atoms with Gasteiger partial charge in [-0.1, -0.05) is 11.6 Å². The van der Waals surface area contributed by atoms with Gasteiger partial charge in [0.15, 0.2) is 0 Å². The molecule has 1 aliphatic rings. The van der Waals surface area contributed by atoms with Crippen molar-refractivity contribution in [2.45, 2.75) is 22.5 Å². The van der Waals surface area contributed by atoms with Crippen molar-refractivity contribution in [1.29, 1.82) is 0 Å². The largest absolute Gasteiger partial charge is 0.395 e. The van der Waals surface area contributed by atoms with Crippen LogP contribution in [0.25, 0.3) is 0 Å². The van der Waals surface area contributed by atoms with Gasteiger partial charge in [0.05, 0.1) is 10.9 Å². The Balaban J connectivity index is 2.55. The van der Waals surface area contributed by atoms with Crippen molar-refractivity contribution < 1.29 is 13.5 Å². The summed E-state index contributed by atoms with van der Waals surface area (Å²) >= 11 is 6.86. The summed E-state index contributed by atoms with van der Waals surface area (Å²) in [6, 6.07) is 1.62. The fraction of sp³-hybridized carbons (Fsp3) is 0.600. The third-order valence-electron chi connectivity index (χ3n) is 3.36. The quantitative estimate of drug-likeness (QED) is 0.765. The molecule has 0 saturated carbocycles. The Morgan fingerprint density at radius 2 is 2.11 bits per heavy atom. The Kier molecular flexibility index (Phi) is 4.01. The van der Waals surface area contributed by atoms with Gasteiger partial charge in [-0.3, -0.25) is 0 Å². The molecule has 0 aliphatic carbocycles. The number of primary sulfonamides is 1. The van der Waals surface area contributed by atoms with Crippen LogP contribution >= 0.6 is 22.9 Å². The second kappa shape index (κ2) is 5.07. The first-order valence-corrected chi connectivity index (χ1v) is 8.27. The molecule has 5 nitrogen and oxygen atoms in total. The molecule has 1 aliphatic heterocycles. The van der Waals surface area contributed by atoms with E-state index in [1.807, 2.05) is 0 Å². The lowest BCUT2D eigenvalue weighted by atomic mass is 9.75. The van der Waals surface area contributed by atoms with Gasteiger partial charge in [-0.05, 0) is 37.6 Å². The summed E-state index contributed by atoms with van der Waals surface area (Å²) in [5.41, 5.74) is 0.000394. The van der Waals surface area contributed by atoms with Crippen LogP contribution in [0.15, 0.2) is 10.3 Å². The molecule has 2 heterocycles. The van der Waals surface area contributed by atoms with Crippen LogP contribution in [0.2, 0.25) is 4.34 Å². The standard InChI is InChI=1S/C10H15ClN2O3S2/c11-8-5-7(9(17-8)18(12,15)16)10(6-14)1-3-13-4-2-10/h5,13-14H,1-4,6H2,(H2,12,15,16). The van der Waals surface area contributed by atoms with E-state index in [4.69, 9.17) is 16.7 Å². The predicted octanol–water partition coefficient (Wildman–Crippen LogP) is 0.662. The number of nitrogens with two attached hydrogens (primary N) is 1. The zero-order valence-electron chi connectivity index (χ0n) is 9.65. The number of rotatable bonds is 3. The maximum absolute atomic E-state index is 11.6. The van der Waals surface area contributed by atoms with Gasteiger partial charge in [-0.15, -0.1) is 11.3 Å². The fourth-order valence-electron chi connectivity index (χ4n) is 2.34. The van der Waals surface area contributed by atoms with E-state index in [0.29, 0.717) is 22.7 Å². The van der Waals surface area contributed by atoms with Crippen molar-refractivity contribution in [1.82, 2.24) is 5.32 Å². The van der Waals surface area contributed by atoms with Crippen molar-refractivity contribution >= 4 is 33.0 Å². The van der Waals surface area contributed by atoms with Gasteiger partial charge in [-0.2, -0.15) is 0 Å². The number of aliphatic hydroxyl groups is 1. The maximum atomic E-state index is 11.6. The number of hydrogen-bond donors (Lipinski definition) is 3. The second-order valence-electron chi connectivity index (χ2n) is 4.49. The van der Waals surface area contributed by atoms with Crippen LogP contribution in [0.3, 0.4) is 0 Å². The first-order chi connectivity index (χ1) is 8.39. The molecule has 0 radical (unpaired) electrons. The molecule has 0 unspecified atom stereocenters. The molecule has 0 spiro atoms. The van der Waals surface area contributed by atoms with E-state index in [1.165, 1.54) is 0 Å². The van der Waals surface area contributed by atoms with Crippen LogP contribution in [0.5, 0.6) is 0 Å². The topological polar surface area (TPSA) is 92.4 Å². The molecular weight excluding hydrogens is 296 g/mol. The Labute approximate surface area is 115 Å². The van der Waals surface area contributed by atoms with Crippen LogP contribution in [0.4, 0.5) is 0 Å². The van der Waals surface area contributed by atoms with Crippen molar-refractivity contribution in [2.75, 3.05) is 19.7 Å². The molecule has 0 aromatic carbocycles. The number of hydrogen-bond acceptors (Lipinski definition) is 5. The number of halogens is 1. The third kappa shape index (κ3) is 2.56. The molecule has 0 atom stereocenters. The summed E-state index contributed by atoms with van der Waals surface area (Å²) in [4.78, 5) is 0. The average Bonchev–Trinajstić information content (AvgIpc) is 2.73. The van der Waals surface area contributed by atoms with E-state index in [-0.39, 0.29) is 10.8 Å². The van der Waals surface area contributed by atoms with E-state index in [9.17, 15) is 13.5 Å². The Morgan fingerprint density at radius 3 is 2.61 bits per heavy atom. The lowest BCUT2D eigenvalue weighted by Crippen LogP contribution is -2.43. The first-order valence-electron chi connectivity index (χ1n) is 5.53. The number of piperidine rings is 1. The van der Waals surface area contributed by atoms with Gasteiger partial charge in [0, 0.05) is 5.41 Å². The van der Waals surface area contributed by atoms with E-state index in [1.54, 1.807) is 6.07 Å².